The van der Waals surface area contributed by atoms with E-state index in [0.717, 1.165) is 12.8 Å². The van der Waals surface area contributed by atoms with Crippen molar-refractivity contribution in [2.75, 3.05) is 11.9 Å². The number of unbranched alkanes of at least 4 members (excludes halogenated alkanes) is 1. The first-order chi connectivity index (χ1) is 9.76. The summed E-state index contributed by atoms with van der Waals surface area (Å²) in [6, 6.07) is 0. The Morgan fingerprint density at radius 3 is 2.71 bits per heavy atom. The Labute approximate surface area is 118 Å². The Balaban J connectivity index is 2.39. The summed E-state index contributed by atoms with van der Waals surface area (Å²) in [7, 11) is 0. The molecule has 0 spiro atoms. The molecule has 0 fully saturated rings. The third kappa shape index (κ3) is 7.74. The summed E-state index contributed by atoms with van der Waals surface area (Å²) in [5, 5.41) is 17.4. The van der Waals surface area contributed by atoms with Crippen LogP contribution >= 0.6 is 0 Å². The SMILES string of the molecule is N=C(N)CCCCn1ncc(NC(N)=NCC(F)(F)F)n1. The summed E-state index contributed by atoms with van der Waals surface area (Å²) in [6.45, 7) is -0.848. The lowest BCUT2D eigenvalue weighted by atomic mass is 10.2. The van der Waals surface area contributed by atoms with E-state index in [4.69, 9.17) is 16.9 Å². The van der Waals surface area contributed by atoms with Gasteiger partial charge in [-0.1, -0.05) is 0 Å². The number of guanidine groups is 1. The van der Waals surface area contributed by atoms with E-state index >= 15 is 0 Å². The first kappa shape index (κ1) is 16.7. The summed E-state index contributed by atoms with van der Waals surface area (Å²) in [6.07, 6.45) is -1.11. The lowest BCUT2D eigenvalue weighted by molar-refractivity contribution is -0.118. The number of nitrogens with two attached hydrogens (primary N) is 2. The number of aryl methyl sites for hydroxylation is 1. The minimum atomic E-state index is -4.40. The number of alkyl halides is 3. The van der Waals surface area contributed by atoms with E-state index in [1.165, 1.54) is 11.0 Å². The van der Waals surface area contributed by atoms with Crippen molar-refractivity contribution in [2.45, 2.75) is 32.0 Å². The fourth-order valence-corrected chi connectivity index (χ4v) is 1.38. The van der Waals surface area contributed by atoms with Crippen LogP contribution in [-0.4, -0.2) is 39.5 Å². The van der Waals surface area contributed by atoms with Crippen molar-refractivity contribution in [3.8, 4) is 0 Å². The maximum Gasteiger partial charge on any atom is 0.408 e. The average Bonchev–Trinajstić information content (AvgIpc) is 2.79. The van der Waals surface area contributed by atoms with E-state index < -0.39 is 12.7 Å². The van der Waals surface area contributed by atoms with E-state index in [1.54, 1.807) is 0 Å². The van der Waals surface area contributed by atoms with Crippen molar-refractivity contribution in [3.05, 3.63) is 6.20 Å². The molecule has 1 aromatic heterocycles. The fraction of sp³-hybridized carbons (Fsp3) is 0.600. The van der Waals surface area contributed by atoms with E-state index in [2.05, 4.69) is 20.5 Å². The molecule has 21 heavy (non-hydrogen) atoms. The van der Waals surface area contributed by atoms with Crippen LogP contribution in [0.3, 0.4) is 0 Å². The molecule has 0 radical (unpaired) electrons. The number of aliphatic imine (C=N–C) groups is 1. The molecular weight excluding hydrogens is 289 g/mol. The zero-order valence-corrected chi connectivity index (χ0v) is 11.2. The second-order valence-electron chi connectivity index (χ2n) is 4.25. The largest absolute Gasteiger partial charge is 0.408 e. The van der Waals surface area contributed by atoms with Crippen molar-refractivity contribution in [2.24, 2.45) is 16.5 Å². The van der Waals surface area contributed by atoms with E-state index in [1.807, 2.05) is 0 Å². The minimum absolute atomic E-state index is 0.124. The molecule has 0 amide bonds. The highest BCUT2D eigenvalue weighted by atomic mass is 19.4. The molecule has 8 nitrogen and oxygen atoms in total. The van der Waals surface area contributed by atoms with Crippen LogP contribution < -0.4 is 16.8 Å². The van der Waals surface area contributed by atoms with Gasteiger partial charge in [-0.15, -0.1) is 5.10 Å². The summed E-state index contributed by atoms with van der Waals surface area (Å²) in [5.74, 6) is -0.0413. The Hall–Kier alpha value is -2.33. The molecule has 1 aromatic rings. The van der Waals surface area contributed by atoms with Crippen LogP contribution in [0.5, 0.6) is 0 Å². The minimum Gasteiger partial charge on any atom is -0.388 e. The maximum absolute atomic E-state index is 11.9. The van der Waals surface area contributed by atoms with Gasteiger partial charge in [0.15, 0.2) is 11.8 Å². The number of amidine groups is 1. The predicted molar refractivity (Wildman–Crippen MR) is 72.0 cm³/mol. The lowest BCUT2D eigenvalue weighted by Gasteiger charge is -2.04. The van der Waals surface area contributed by atoms with Crippen molar-refractivity contribution in [1.82, 2.24) is 15.0 Å². The van der Waals surface area contributed by atoms with Crippen LogP contribution in [0, 0.1) is 5.41 Å². The number of nitrogens with one attached hydrogen (secondary N) is 2. The molecule has 1 heterocycles. The van der Waals surface area contributed by atoms with Crippen molar-refractivity contribution in [3.63, 3.8) is 0 Å². The average molecular weight is 306 g/mol. The number of aromatic nitrogens is 3. The summed E-state index contributed by atoms with van der Waals surface area (Å²) in [5.41, 5.74) is 10.5. The molecule has 0 aliphatic heterocycles. The summed E-state index contributed by atoms with van der Waals surface area (Å²) < 4.78 is 35.8. The first-order valence-electron chi connectivity index (χ1n) is 6.13. The number of halogens is 3. The Bertz CT molecular complexity index is 493. The van der Waals surface area contributed by atoms with Crippen molar-refractivity contribution in [1.29, 1.82) is 5.41 Å². The predicted octanol–water partition coefficient (Wildman–Crippen LogP) is 0.673. The standard InChI is InChI=1S/C10H17F3N8/c11-10(12,13)6-17-9(16)19-8-5-18-21(20-8)4-2-1-3-7(14)15/h5H,1-4,6H2,(H3,14,15)(H3,16,17,19,20). The molecule has 6 N–H and O–H groups in total. The van der Waals surface area contributed by atoms with Gasteiger partial charge in [0.25, 0.3) is 0 Å². The van der Waals surface area contributed by atoms with Gasteiger partial charge >= 0.3 is 6.18 Å². The monoisotopic (exact) mass is 306 g/mol. The molecule has 1 rings (SSSR count). The summed E-state index contributed by atoms with van der Waals surface area (Å²) >= 11 is 0. The Morgan fingerprint density at radius 1 is 1.38 bits per heavy atom. The zero-order chi connectivity index (χ0) is 15.9. The molecule has 118 valence electrons. The third-order valence-electron chi connectivity index (χ3n) is 2.28. The van der Waals surface area contributed by atoms with Crippen LogP contribution in [0.4, 0.5) is 19.0 Å². The van der Waals surface area contributed by atoms with Gasteiger partial charge in [0.1, 0.15) is 6.54 Å². The smallest absolute Gasteiger partial charge is 0.388 e. The number of hydrogen-bond acceptors (Lipinski definition) is 4. The maximum atomic E-state index is 11.9. The fourth-order valence-electron chi connectivity index (χ4n) is 1.38. The number of hydrogen-bond donors (Lipinski definition) is 4. The quantitative estimate of drug-likeness (QED) is 0.334. The van der Waals surface area contributed by atoms with Crippen molar-refractivity contribution < 1.29 is 13.2 Å². The van der Waals surface area contributed by atoms with Gasteiger partial charge in [-0.05, 0) is 12.8 Å². The highest BCUT2D eigenvalue weighted by molar-refractivity contribution is 5.91. The molecule has 0 unspecified atom stereocenters. The molecule has 0 bridgehead atoms. The van der Waals surface area contributed by atoms with Crippen LogP contribution in [-0.2, 0) is 6.54 Å². The van der Waals surface area contributed by atoms with Gasteiger partial charge in [0.05, 0.1) is 18.6 Å². The molecule has 0 aliphatic rings. The molecule has 0 aromatic carbocycles. The second-order valence-corrected chi connectivity index (χ2v) is 4.25. The first-order valence-corrected chi connectivity index (χ1v) is 6.13. The topological polar surface area (TPSA) is 131 Å². The molecule has 0 aliphatic carbocycles. The van der Waals surface area contributed by atoms with Gasteiger partial charge in [-0.25, -0.2) is 4.99 Å². The van der Waals surface area contributed by atoms with Crippen LogP contribution in [0.1, 0.15) is 19.3 Å². The third-order valence-corrected chi connectivity index (χ3v) is 2.28. The van der Waals surface area contributed by atoms with Crippen LogP contribution in [0.2, 0.25) is 0 Å². The van der Waals surface area contributed by atoms with Crippen LogP contribution in [0.15, 0.2) is 11.2 Å². The zero-order valence-electron chi connectivity index (χ0n) is 11.2. The Morgan fingerprint density at radius 2 is 2.10 bits per heavy atom. The van der Waals surface area contributed by atoms with Gasteiger partial charge in [0, 0.05) is 6.42 Å². The van der Waals surface area contributed by atoms with Crippen molar-refractivity contribution >= 4 is 17.6 Å². The highest BCUT2D eigenvalue weighted by Gasteiger charge is 2.26. The highest BCUT2D eigenvalue weighted by Crippen LogP contribution is 2.14. The van der Waals surface area contributed by atoms with Gasteiger partial charge < -0.3 is 16.8 Å². The number of nitrogens with zero attached hydrogens (tertiary/aromatic N) is 4. The van der Waals surface area contributed by atoms with Crippen LogP contribution in [0.25, 0.3) is 0 Å². The summed E-state index contributed by atoms with van der Waals surface area (Å²) in [4.78, 5) is 4.51. The van der Waals surface area contributed by atoms with Gasteiger partial charge in [-0.2, -0.15) is 23.1 Å². The molecule has 11 heteroatoms. The van der Waals surface area contributed by atoms with Gasteiger partial charge in [-0.3, -0.25) is 5.41 Å². The van der Waals surface area contributed by atoms with Gasteiger partial charge in [0.2, 0.25) is 0 Å². The molecule has 0 saturated heterocycles. The number of anilines is 1. The van der Waals surface area contributed by atoms with E-state index in [9.17, 15) is 13.2 Å². The molecule has 0 atom stereocenters. The van der Waals surface area contributed by atoms with E-state index in [0.29, 0.717) is 13.0 Å². The second kappa shape index (κ2) is 7.45. The Kier molecular flexibility index (Phi) is 5.93. The normalized spacial score (nSPS) is 12.4. The molecular formula is C10H17F3N8. The number of rotatable bonds is 7. The lowest BCUT2D eigenvalue weighted by Crippen LogP contribution is -2.25. The molecule has 0 saturated carbocycles. The van der Waals surface area contributed by atoms with E-state index in [-0.39, 0.29) is 17.6 Å².